The molecule has 0 saturated carbocycles. The quantitative estimate of drug-likeness (QED) is 0.135. The van der Waals surface area contributed by atoms with Gasteiger partial charge in [-0.2, -0.15) is 4.57 Å². The van der Waals surface area contributed by atoms with Crippen molar-refractivity contribution in [3.8, 4) is 5.75 Å². The second kappa shape index (κ2) is 12.0. The molecule has 0 aliphatic carbocycles. The molecule has 6 rings (SSSR count). The number of hydrogen-bond donors (Lipinski definition) is 0. The third kappa shape index (κ3) is 6.35. The average molecular weight is 617 g/mol. The first-order valence-corrected chi connectivity index (χ1v) is 16.1. The van der Waals surface area contributed by atoms with Gasteiger partial charge in [-0.25, -0.2) is 16.8 Å². The molecule has 0 amide bonds. The molecular formula is C29H25N2NaO8S2. The van der Waals surface area contributed by atoms with E-state index in [1.165, 1.54) is 0 Å². The summed E-state index contributed by atoms with van der Waals surface area (Å²) in [6.45, 7) is 0.373. The van der Waals surface area contributed by atoms with Crippen molar-refractivity contribution in [1.82, 2.24) is 0 Å². The molecule has 13 heteroatoms. The van der Waals surface area contributed by atoms with Gasteiger partial charge in [-0.15, -0.1) is 0 Å². The first-order chi connectivity index (χ1) is 19.6. The van der Waals surface area contributed by atoms with Gasteiger partial charge in [0.25, 0.3) is 5.52 Å². The van der Waals surface area contributed by atoms with Gasteiger partial charge in [-0.1, -0.05) is 54.6 Å². The third-order valence-electron chi connectivity index (χ3n) is 7.03. The fraction of sp³-hybridized carbons (Fsp3) is 0.207. The third-order valence-corrected chi connectivity index (χ3v) is 8.60. The molecule has 4 aromatic carbocycles. The zero-order chi connectivity index (χ0) is 28.8. The maximum absolute atomic E-state index is 11.4. The first kappa shape index (κ1) is 30.5. The Morgan fingerprint density at radius 1 is 0.786 bits per heavy atom. The van der Waals surface area contributed by atoms with Crippen LogP contribution in [0.5, 0.6) is 5.75 Å². The van der Waals surface area contributed by atoms with Gasteiger partial charge in [0.05, 0.1) is 31.3 Å². The van der Waals surface area contributed by atoms with Crippen molar-refractivity contribution in [2.75, 3.05) is 23.0 Å². The van der Waals surface area contributed by atoms with Crippen molar-refractivity contribution in [3.05, 3.63) is 84.6 Å². The fourth-order valence-electron chi connectivity index (χ4n) is 5.31. The van der Waals surface area contributed by atoms with Crippen molar-refractivity contribution < 1.29 is 69.2 Å². The molecule has 0 saturated heterocycles. The van der Waals surface area contributed by atoms with E-state index in [1.807, 2.05) is 82.3 Å². The van der Waals surface area contributed by atoms with E-state index in [-0.39, 0.29) is 55.5 Å². The maximum atomic E-state index is 11.4. The predicted octanol–water partition coefficient (Wildman–Crippen LogP) is 1.10. The van der Waals surface area contributed by atoms with Crippen LogP contribution in [0, 0.1) is 0 Å². The van der Waals surface area contributed by atoms with E-state index in [2.05, 4.69) is 0 Å². The fourth-order valence-corrected chi connectivity index (χ4v) is 6.28. The van der Waals surface area contributed by atoms with E-state index in [0.717, 1.165) is 32.7 Å². The van der Waals surface area contributed by atoms with Gasteiger partial charge < -0.3 is 23.2 Å². The monoisotopic (exact) mass is 616 g/mol. The van der Waals surface area contributed by atoms with Crippen LogP contribution in [0.25, 0.3) is 38.7 Å². The van der Waals surface area contributed by atoms with E-state index in [1.54, 1.807) is 6.08 Å². The summed E-state index contributed by atoms with van der Waals surface area (Å²) < 4.78 is 82.4. The Balaban J connectivity index is 0.00000353. The van der Waals surface area contributed by atoms with E-state index in [9.17, 15) is 25.9 Å². The van der Waals surface area contributed by atoms with Crippen LogP contribution < -0.4 is 43.8 Å². The predicted molar refractivity (Wildman–Crippen MR) is 152 cm³/mol. The number of fused-ring (bicyclic) bond motifs is 6. The number of benzene rings is 4. The molecular weight excluding hydrogens is 591 g/mol. The van der Waals surface area contributed by atoms with Crippen LogP contribution in [0.4, 0.5) is 5.69 Å². The largest absolute Gasteiger partial charge is 1.00 e. The number of hydrogen-bond acceptors (Lipinski definition) is 9. The summed E-state index contributed by atoms with van der Waals surface area (Å²) in [7, 11) is -8.83. The molecule has 0 atom stereocenters. The summed E-state index contributed by atoms with van der Waals surface area (Å²) >= 11 is 0. The van der Waals surface area contributed by atoms with E-state index >= 15 is 0 Å². The number of aryl methyl sites for hydroxylation is 1. The molecule has 0 N–H and O–H groups in total. The van der Waals surface area contributed by atoms with Crippen LogP contribution in [0.2, 0.25) is 0 Å². The molecule has 1 aliphatic rings. The number of nitrogens with zero attached hydrogens (tertiary/aromatic N) is 2. The molecule has 0 bridgehead atoms. The van der Waals surface area contributed by atoms with E-state index in [4.69, 9.17) is 9.15 Å². The smallest absolute Gasteiger partial charge is 0.748 e. The van der Waals surface area contributed by atoms with Gasteiger partial charge in [0.15, 0.2) is 12.3 Å². The van der Waals surface area contributed by atoms with Gasteiger partial charge in [0.2, 0.25) is 11.5 Å². The molecule has 212 valence electrons. The SMILES string of the molecule is O=S(=O)([O-])CCCN1C(=Cc2oc3ccc4ccccc4c3[n+]2CCCS(=O)(=O)[O-])Oc2ccc3ccccc3c21.[Na+]. The van der Waals surface area contributed by atoms with Crippen LogP contribution in [0.3, 0.4) is 0 Å². The Morgan fingerprint density at radius 2 is 1.40 bits per heavy atom. The molecule has 0 spiro atoms. The number of ether oxygens (including phenoxy) is 1. The number of aromatic nitrogens is 1. The van der Waals surface area contributed by atoms with Crippen molar-refractivity contribution in [3.63, 3.8) is 0 Å². The summed E-state index contributed by atoms with van der Waals surface area (Å²) in [5.74, 6) is 0.209. The van der Waals surface area contributed by atoms with Crippen molar-refractivity contribution in [1.29, 1.82) is 0 Å². The Bertz CT molecular complexity index is 2060. The van der Waals surface area contributed by atoms with Gasteiger partial charge in [0, 0.05) is 29.9 Å². The van der Waals surface area contributed by atoms with Crippen LogP contribution >= 0.6 is 0 Å². The summed E-state index contributed by atoms with van der Waals surface area (Å²) in [4.78, 5) is 1.82. The molecule has 42 heavy (non-hydrogen) atoms. The van der Waals surface area contributed by atoms with Crippen LogP contribution in [0.1, 0.15) is 18.7 Å². The number of rotatable bonds is 9. The average Bonchev–Trinajstić information content (AvgIpc) is 3.45. The molecule has 1 aliphatic heterocycles. The van der Waals surface area contributed by atoms with E-state index in [0.29, 0.717) is 23.1 Å². The Kier molecular flexibility index (Phi) is 8.68. The van der Waals surface area contributed by atoms with Gasteiger partial charge in [-0.3, -0.25) is 0 Å². The van der Waals surface area contributed by atoms with Gasteiger partial charge >= 0.3 is 35.4 Å². The minimum absolute atomic E-state index is 0. The topological polar surface area (TPSA) is 144 Å². The van der Waals surface area contributed by atoms with Crippen LogP contribution in [0.15, 0.2) is 83.1 Å². The molecule has 0 unspecified atom stereocenters. The normalized spacial score (nSPS) is 14.4. The molecule has 10 nitrogen and oxygen atoms in total. The summed E-state index contributed by atoms with van der Waals surface area (Å²) in [6.07, 6.45) is 1.81. The second-order valence-corrected chi connectivity index (χ2v) is 12.9. The minimum atomic E-state index is -4.41. The van der Waals surface area contributed by atoms with Crippen molar-refractivity contribution in [2.45, 2.75) is 19.4 Å². The van der Waals surface area contributed by atoms with Crippen LogP contribution in [-0.4, -0.2) is 44.0 Å². The standard InChI is InChI=1S/C29H26N2O8S2.Na/c32-40(33,34)17-5-15-30-26(38-24-13-11-20-7-1-3-9-22(20)28(24)30)19-27-31(16-6-18-41(35,36)37)29-23-10-4-2-8-21(23)12-14-25(29)39-27;/h1-4,7-14,19H,5-6,15-18H2,(H-,32,33,34,35,36,37);/q;+1/p-1. The summed E-state index contributed by atoms with van der Waals surface area (Å²) in [5.41, 5.74) is 2.04. The molecule has 5 aromatic rings. The van der Waals surface area contributed by atoms with Gasteiger partial charge in [0.1, 0.15) is 6.08 Å². The number of anilines is 1. The zero-order valence-corrected chi connectivity index (χ0v) is 26.4. The van der Waals surface area contributed by atoms with Crippen LogP contribution in [-0.2, 0) is 26.8 Å². The minimum Gasteiger partial charge on any atom is -0.748 e. The maximum Gasteiger partial charge on any atom is 1.00 e. The first-order valence-electron chi connectivity index (χ1n) is 13.0. The van der Waals surface area contributed by atoms with E-state index < -0.39 is 31.7 Å². The summed E-state index contributed by atoms with van der Waals surface area (Å²) in [5, 5.41) is 3.70. The summed E-state index contributed by atoms with van der Waals surface area (Å²) in [6, 6.07) is 22.9. The Labute approximate surface area is 265 Å². The second-order valence-electron chi connectivity index (χ2n) is 9.83. The number of oxazole rings is 1. The van der Waals surface area contributed by atoms with Gasteiger partial charge in [-0.05, 0) is 35.4 Å². The zero-order valence-electron chi connectivity index (χ0n) is 22.7. The molecule has 1 aromatic heterocycles. The Hall–Kier alpha value is -2.97. The molecule has 0 radical (unpaired) electrons. The Morgan fingerprint density at radius 3 is 2.12 bits per heavy atom. The molecule has 2 heterocycles. The van der Waals surface area contributed by atoms with Crippen molar-refractivity contribution in [2.24, 2.45) is 0 Å². The van der Waals surface area contributed by atoms with Crippen molar-refractivity contribution >= 4 is 64.6 Å². The molecule has 0 fully saturated rings.